The van der Waals surface area contributed by atoms with Crippen molar-refractivity contribution in [2.45, 2.75) is 20.0 Å². The molecule has 0 spiro atoms. The first-order valence-electron chi connectivity index (χ1n) is 8.82. The number of nitrogens with zero attached hydrogens (tertiary/aromatic N) is 3. The van der Waals surface area contributed by atoms with E-state index in [1.807, 2.05) is 55.5 Å². The van der Waals surface area contributed by atoms with Crippen molar-refractivity contribution in [3.8, 4) is 5.75 Å². The molecular formula is C20H20N4O2S. The van der Waals surface area contributed by atoms with Crippen molar-refractivity contribution in [3.63, 3.8) is 0 Å². The monoisotopic (exact) mass is 380 g/mol. The van der Waals surface area contributed by atoms with E-state index in [1.165, 1.54) is 16.9 Å². The fourth-order valence-electron chi connectivity index (χ4n) is 2.93. The molecule has 0 atom stereocenters. The van der Waals surface area contributed by atoms with Crippen molar-refractivity contribution in [2.24, 2.45) is 0 Å². The fraction of sp³-hybridized carbons (Fsp3) is 0.250. The van der Waals surface area contributed by atoms with Crippen LogP contribution in [0.4, 0.5) is 5.69 Å². The summed E-state index contributed by atoms with van der Waals surface area (Å²) in [6, 6.07) is 16.0. The normalized spacial score (nSPS) is 13.0. The Balaban J connectivity index is 1.38. The number of amides is 1. The van der Waals surface area contributed by atoms with Crippen LogP contribution in [-0.4, -0.2) is 29.3 Å². The molecule has 4 rings (SSSR count). The van der Waals surface area contributed by atoms with Crippen molar-refractivity contribution in [2.75, 3.05) is 18.1 Å². The van der Waals surface area contributed by atoms with Gasteiger partial charge in [-0.2, -0.15) is 0 Å². The first kappa shape index (κ1) is 17.5. The zero-order chi connectivity index (χ0) is 18.6. The average Bonchev–Trinajstić information content (AvgIpc) is 3.16. The summed E-state index contributed by atoms with van der Waals surface area (Å²) in [6.45, 7) is 4.55. The molecule has 0 radical (unpaired) electrons. The predicted octanol–water partition coefficient (Wildman–Crippen LogP) is 3.18. The lowest BCUT2D eigenvalue weighted by Gasteiger charge is -2.30. The first-order valence-corrected chi connectivity index (χ1v) is 9.63. The van der Waals surface area contributed by atoms with E-state index in [0.29, 0.717) is 24.7 Å². The number of carbonyl (C=O) groups excluding carboxylic acids is 1. The largest absolute Gasteiger partial charge is 0.490 e. The van der Waals surface area contributed by atoms with Crippen LogP contribution in [0.5, 0.6) is 5.75 Å². The number of fused-ring (bicyclic) bond motifs is 1. The topological polar surface area (TPSA) is 67.4 Å². The number of hydrogen-bond acceptors (Lipinski definition) is 6. The number of benzene rings is 2. The summed E-state index contributed by atoms with van der Waals surface area (Å²) in [5, 5.41) is 12.4. The Morgan fingerprint density at radius 2 is 2.00 bits per heavy atom. The second kappa shape index (κ2) is 7.75. The van der Waals surface area contributed by atoms with E-state index in [1.54, 1.807) is 0 Å². The molecule has 7 heteroatoms. The van der Waals surface area contributed by atoms with Crippen molar-refractivity contribution in [1.82, 2.24) is 15.5 Å². The highest BCUT2D eigenvalue weighted by molar-refractivity contribution is 7.13. The van der Waals surface area contributed by atoms with Crippen LogP contribution in [0, 0.1) is 6.92 Å². The third-order valence-corrected chi connectivity index (χ3v) is 5.29. The third kappa shape index (κ3) is 4.09. The summed E-state index contributed by atoms with van der Waals surface area (Å²) in [5.74, 6) is 0.686. The minimum Gasteiger partial charge on any atom is -0.490 e. The van der Waals surface area contributed by atoms with Crippen molar-refractivity contribution in [1.29, 1.82) is 0 Å². The molecule has 6 nitrogen and oxygen atoms in total. The van der Waals surface area contributed by atoms with Gasteiger partial charge in [0.25, 0.3) is 5.91 Å². The van der Waals surface area contributed by atoms with Crippen LogP contribution in [0.3, 0.4) is 0 Å². The van der Waals surface area contributed by atoms with Crippen LogP contribution < -0.4 is 15.0 Å². The molecule has 0 saturated heterocycles. The Bertz CT molecular complexity index is 939. The van der Waals surface area contributed by atoms with E-state index in [4.69, 9.17) is 4.74 Å². The minimum absolute atomic E-state index is 0.193. The van der Waals surface area contributed by atoms with Gasteiger partial charge in [0.15, 0.2) is 0 Å². The number of anilines is 1. The molecule has 0 bridgehead atoms. The van der Waals surface area contributed by atoms with Crippen molar-refractivity contribution < 1.29 is 9.53 Å². The van der Waals surface area contributed by atoms with Gasteiger partial charge in [-0.3, -0.25) is 4.79 Å². The Morgan fingerprint density at radius 3 is 2.85 bits per heavy atom. The van der Waals surface area contributed by atoms with Gasteiger partial charge in [-0.1, -0.05) is 53.3 Å². The standard InChI is InChI=1S/C20H20N4O2S/c1-14-6-8-15(9-7-14)12-21-19(25)20-23-22-18(27-20)13-24-10-11-26-17-5-3-2-4-16(17)24/h2-9H,10-13H2,1H3,(H,21,25). The van der Waals surface area contributed by atoms with E-state index in [9.17, 15) is 4.79 Å². The van der Waals surface area contributed by atoms with Crippen LogP contribution >= 0.6 is 11.3 Å². The number of carbonyl (C=O) groups is 1. The zero-order valence-corrected chi connectivity index (χ0v) is 15.8. The highest BCUT2D eigenvalue weighted by Crippen LogP contribution is 2.32. The summed E-state index contributed by atoms with van der Waals surface area (Å²) >= 11 is 1.33. The number of hydrogen-bond donors (Lipinski definition) is 1. The van der Waals surface area contributed by atoms with Gasteiger partial charge in [-0.05, 0) is 24.6 Å². The zero-order valence-electron chi connectivity index (χ0n) is 15.0. The van der Waals surface area contributed by atoms with Crippen LogP contribution in [-0.2, 0) is 13.1 Å². The van der Waals surface area contributed by atoms with E-state index < -0.39 is 0 Å². The Hall–Kier alpha value is -2.93. The molecule has 0 fully saturated rings. The van der Waals surface area contributed by atoms with Crippen LogP contribution in [0.1, 0.15) is 25.9 Å². The average molecular weight is 380 g/mol. The highest BCUT2D eigenvalue weighted by atomic mass is 32.1. The maximum Gasteiger partial charge on any atom is 0.282 e. The molecule has 1 aromatic heterocycles. The summed E-state index contributed by atoms with van der Waals surface area (Å²) in [5.41, 5.74) is 3.30. The molecule has 27 heavy (non-hydrogen) atoms. The molecule has 138 valence electrons. The van der Waals surface area contributed by atoms with E-state index in [2.05, 4.69) is 20.4 Å². The van der Waals surface area contributed by atoms with Gasteiger partial charge in [0.2, 0.25) is 5.01 Å². The lowest BCUT2D eigenvalue weighted by atomic mass is 10.1. The predicted molar refractivity (Wildman–Crippen MR) is 105 cm³/mol. The van der Waals surface area contributed by atoms with Crippen LogP contribution in [0.25, 0.3) is 0 Å². The van der Waals surface area contributed by atoms with Crippen molar-refractivity contribution >= 4 is 22.9 Å². The van der Waals surface area contributed by atoms with E-state index in [-0.39, 0.29) is 5.91 Å². The van der Waals surface area contributed by atoms with Gasteiger partial charge in [0.1, 0.15) is 17.4 Å². The lowest BCUT2D eigenvalue weighted by Crippen LogP contribution is -2.32. The minimum atomic E-state index is -0.193. The molecule has 0 aliphatic carbocycles. The molecule has 2 aromatic carbocycles. The quantitative estimate of drug-likeness (QED) is 0.736. The summed E-state index contributed by atoms with van der Waals surface area (Å²) in [6.07, 6.45) is 0. The van der Waals surface area contributed by atoms with Gasteiger partial charge in [-0.15, -0.1) is 10.2 Å². The number of aromatic nitrogens is 2. The highest BCUT2D eigenvalue weighted by Gasteiger charge is 2.20. The summed E-state index contributed by atoms with van der Waals surface area (Å²) < 4.78 is 5.68. The van der Waals surface area contributed by atoms with Gasteiger partial charge in [0, 0.05) is 6.54 Å². The van der Waals surface area contributed by atoms with Crippen LogP contribution in [0.2, 0.25) is 0 Å². The van der Waals surface area contributed by atoms with E-state index >= 15 is 0 Å². The first-order chi connectivity index (χ1) is 13.2. The molecule has 1 N–H and O–H groups in total. The Morgan fingerprint density at radius 1 is 1.19 bits per heavy atom. The molecule has 1 amide bonds. The number of ether oxygens (including phenoxy) is 1. The van der Waals surface area contributed by atoms with E-state index in [0.717, 1.165) is 28.6 Å². The maximum absolute atomic E-state index is 12.4. The summed E-state index contributed by atoms with van der Waals surface area (Å²) in [7, 11) is 0. The number of rotatable bonds is 5. The fourth-order valence-corrected chi connectivity index (χ4v) is 3.70. The van der Waals surface area contributed by atoms with Crippen molar-refractivity contribution in [3.05, 3.63) is 69.7 Å². The molecular weight excluding hydrogens is 360 g/mol. The second-order valence-electron chi connectivity index (χ2n) is 6.41. The van der Waals surface area contributed by atoms with Crippen LogP contribution in [0.15, 0.2) is 48.5 Å². The van der Waals surface area contributed by atoms with Gasteiger partial charge < -0.3 is 15.0 Å². The summed E-state index contributed by atoms with van der Waals surface area (Å²) in [4.78, 5) is 14.6. The second-order valence-corrected chi connectivity index (χ2v) is 7.47. The Kier molecular flexibility index (Phi) is 5.02. The number of aryl methyl sites for hydroxylation is 1. The number of nitrogens with one attached hydrogen (secondary N) is 1. The smallest absolute Gasteiger partial charge is 0.282 e. The Labute approximate surface area is 161 Å². The lowest BCUT2D eigenvalue weighted by molar-refractivity contribution is 0.0950. The van der Waals surface area contributed by atoms with Gasteiger partial charge in [0.05, 0.1) is 18.8 Å². The maximum atomic E-state index is 12.4. The molecule has 1 aliphatic rings. The van der Waals surface area contributed by atoms with Gasteiger partial charge in [-0.25, -0.2) is 0 Å². The third-order valence-electron chi connectivity index (χ3n) is 4.39. The molecule has 0 unspecified atom stereocenters. The number of para-hydroxylation sites is 2. The molecule has 1 aliphatic heterocycles. The van der Waals surface area contributed by atoms with Gasteiger partial charge >= 0.3 is 0 Å². The molecule has 0 saturated carbocycles. The molecule has 2 heterocycles. The molecule has 3 aromatic rings. The SMILES string of the molecule is Cc1ccc(CNC(=O)c2nnc(CN3CCOc4ccccc43)s2)cc1.